The Bertz CT molecular complexity index is 1300. The lowest BCUT2D eigenvalue weighted by molar-refractivity contribution is -0.120. The number of carboxylic acid groups (broad SMARTS) is 1. The van der Waals surface area contributed by atoms with Crippen molar-refractivity contribution in [1.82, 2.24) is 5.32 Å². The SMILES string of the molecule is COc1cc(CC(=O)NC(c2ccccc2C)c2c(C)cccc2N2CCCCC2)c(Br)cc1C(=O)O. The number of nitrogens with one attached hydrogen (secondary N) is 1. The van der Waals surface area contributed by atoms with E-state index in [9.17, 15) is 14.7 Å². The summed E-state index contributed by atoms with van der Waals surface area (Å²) in [5.41, 5.74) is 6.28. The van der Waals surface area contributed by atoms with E-state index in [2.05, 4.69) is 70.3 Å². The summed E-state index contributed by atoms with van der Waals surface area (Å²) < 4.78 is 5.83. The number of methoxy groups -OCH3 is 1. The molecule has 194 valence electrons. The Morgan fingerprint density at radius 1 is 1.03 bits per heavy atom. The Hall–Kier alpha value is -3.32. The van der Waals surface area contributed by atoms with Crippen LogP contribution in [0.25, 0.3) is 0 Å². The predicted octanol–water partition coefficient (Wildman–Crippen LogP) is 6.21. The van der Waals surface area contributed by atoms with E-state index in [0.29, 0.717) is 10.0 Å². The molecule has 2 N–H and O–H groups in total. The number of carboxylic acids is 1. The number of benzene rings is 3. The number of amides is 1. The van der Waals surface area contributed by atoms with Gasteiger partial charge in [0.05, 0.1) is 19.6 Å². The fraction of sp³-hybridized carbons (Fsp3) is 0.333. The summed E-state index contributed by atoms with van der Waals surface area (Å²) in [6.07, 6.45) is 3.65. The first-order valence-electron chi connectivity index (χ1n) is 12.6. The van der Waals surface area contributed by atoms with E-state index < -0.39 is 5.97 Å². The Labute approximate surface area is 226 Å². The third-order valence-electron chi connectivity index (χ3n) is 7.04. The molecule has 0 spiro atoms. The van der Waals surface area contributed by atoms with Crippen molar-refractivity contribution in [2.24, 2.45) is 0 Å². The minimum atomic E-state index is -1.09. The van der Waals surface area contributed by atoms with Gasteiger partial charge in [-0.3, -0.25) is 4.79 Å². The zero-order chi connectivity index (χ0) is 26.5. The first-order chi connectivity index (χ1) is 17.8. The minimum absolute atomic E-state index is 0.0439. The van der Waals surface area contributed by atoms with E-state index in [4.69, 9.17) is 4.74 Å². The highest BCUT2D eigenvalue weighted by molar-refractivity contribution is 9.10. The summed E-state index contributed by atoms with van der Waals surface area (Å²) in [5, 5.41) is 12.8. The van der Waals surface area contributed by atoms with Crippen molar-refractivity contribution in [3.8, 4) is 5.75 Å². The lowest BCUT2D eigenvalue weighted by Crippen LogP contribution is -2.35. The predicted molar refractivity (Wildman–Crippen MR) is 150 cm³/mol. The molecule has 1 heterocycles. The van der Waals surface area contributed by atoms with Gasteiger partial charge in [-0.1, -0.05) is 52.3 Å². The number of nitrogens with zero attached hydrogens (tertiary/aromatic N) is 1. The normalized spacial score (nSPS) is 14.2. The topological polar surface area (TPSA) is 78.9 Å². The highest BCUT2D eigenvalue weighted by Gasteiger charge is 2.26. The molecule has 37 heavy (non-hydrogen) atoms. The van der Waals surface area contributed by atoms with Crippen molar-refractivity contribution < 1.29 is 19.4 Å². The number of ether oxygens (including phenoxy) is 1. The van der Waals surface area contributed by atoms with Gasteiger partial charge < -0.3 is 20.1 Å². The number of carbonyl (C=O) groups excluding carboxylic acids is 1. The number of piperidine rings is 1. The molecule has 1 fully saturated rings. The molecule has 4 rings (SSSR count). The maximum atomic E-state index is 13.5. The Morgan fingerprint density at radius 3 is 2.41 bits per heavy atom. The number of aryl methyl sites for hydroxylation is 2. The summed E-state index contributed by atoms with van der Waals surface area (Å²) in [4.78, 5) is 27.6. The molecule has 0 aromatic heterocycles. The van der Waals surface area contributed by atoms with Crippen LogP contribution in [0.2, 0.25) is 0 Å². The van der Waals surface area contributed by atoms with E-state index >= 15 is 0 Å². The molecule has 1 amide bonds. The third kappa shape index (κ3) is 5.99. The summed E-state index contributed by atoms with van der Waals surface area (Å²) >= 11 is 3.44. The molecule has 0 radical (unpaired) electrons. The quantitative estimate of drug-likeness (QED) is 0.340. The Morgan fingerprint density at radius 2 is 1.73 bits per heavy atom. The van der Waals surface area contributed by atoms with Crippen LogP contribution in [0.3, 0.4) is 0 Å². The Kier molecular flexibility index (Phi) is 8.54. The van der Waals surface area contributed by atoms with Crippen LogP contribution in [0.15, 0.2) is 59.1 Å². The van der Waals surface area contributed by atoms with Gasteiger partial charge in [0.15, 0.2) is 0 Å². The van der Waals surface area contributed by atoms with Crippen molar-refractivity contribution in [2.75, 3.05) is 25.1 Å². The van der Waals surface area contributed by atoms with Crippen LogP contribution in [-0.2, 0) is 11.2 Å². The molecule has 3 aromatic carbocycles. The third-order valence-corrected chi connectivity index (χ3v) is 7.78. The Balaban J connectivity index is 1.72. The number of rotatable bonds is 8. The van der Waals surface area contributed by atoms with Crippen molar-refractivity contribution >= 4 is 33.5 Å². The molecule has 1 aliphatic rings. The van der Waals surface area contributed by atoms with Crippen molar-refractivity contribution in [3.05, 3.63) is 92.5 Å². The molecule has 7 heteroatoms. The molecular weight excluding hydrogens is 532 g/mol. The van der Waals surface area contributed by atoms with Crippen molar-refractivity contribution in [2.45, 2.75) is 45.6 Å². The maximum absolute atomic E-state index is 13.5. The van der Waals surface area contributed by atoms with Crippen LogP contribution < -0.4 is 15.0 Å². The molecule has 0 bridgehead atoms. The van der Waals surface area contributed by atoms with Gasteiger partial charge in [-0.15, -0.1) is 0 Å². The smallest absolute Gasteiger partial charge is 0.339 e. The van der Waals surface area contributed by atoms with E-state index in [-0.39, 0.29) is 29.7 Å². The average Bonchev–Trinajstić information content (AvgIpc) is 2.89. The highest BCUT2D eigenvalue weighted by atomic mass is 79.9. The maximum Gasteiger partial charge on any atom is 0.339 e. The monoisotopic (exact) mass is 564 g/mol. The van der Waals surface area contributed by atoms with Crippen LogP contribution in [0, 0.1) is 13.8 Å². The molecule has 3 aromatic rings. The first-order valence-corrected chi connectivity index (χ1v) is 13.4. The van der Waals surface area contributed by atoms with Crippen molar-refractivity contribution in [1.29, 1.82) is 0 Å². The van der Waals surface area contributed by atoms with Crippen LogP contribution in [0.4, 0.5) is 5.69 Å². The van der Waals surface area contributed by atoms with Gasteiger partial charge in [0.25, 0.3) is 0 Å². The summed E-state index contributed by atoms with van der Waals surface area (Å²) in [6, 6.07) is 17.3. The minimum Gasteiger partial charge on any atom is -0.496 e. The molecule has 1 saturated heterocycles. The standard InChI is InChI=1S/C30H33BrN2O4/c1-19-10-5-6-12-22(19)29(28-20(2)11-9-13-25(28)33-14-7-4-8-15-33)32-27(34)17-21-16-26(37-3)23(30(35)36)18-24(21)31/h5-6,9-13,16,18,29H,4,7-8,14-15,17H2,1-3H3,(H,32,34)(H,35,36). The molecule has 1 atom stereocenters. The van der Waals surface area contributed by atoms with Gasteiger partial charge in [-0.05, 0) is 73.6 Å². The molecular formula is C30H33BrN2O4. The lowest BCUT2D eigenvalue weighted by atomic mass is 9.89. The average molecular weight is 566 g/mol. The van der Waals surface area contributed by atoms with Crippen LogP contribution in [0.1, 0.15) is 63.5 Å². The largest absolute Gasteiger partial charge is 0.496 e. The molecule has 1 aliphatic heterocycles. The van der Waals surface area contributed by atoms with Gasteiger partial charge in [0, 0.05) is 28.8 Å². The van der Waals surface area contributed by atoms with Gasteiger partial charge >= 0.3 is 5.97 Å². The molecule has 0 aliphatic carbocycles. The van der Waals surface area contributed by atoms with Gasteiger partial charge in [0.2, 0.25) is 5.91 Å². The van der Waals surface area contributed by atoms with Gasteiger partial charge in [-0.25, -0.2) is 4.79 Å². The van der Waals surface area contributed by atoms with Crippen LogP contribution in [0.5, 0.6) is 5.75 Å². The molecule has 1 unspecified atom stereocenters. The molecule has 0 saturated carbocycles. The zero-order valence-electron chi connectivity index (χ0n) is 21.5. The van der Waals surface area contributed by atoms with Crippen LogP contribution >= 0.6 is 15.9 Å². The van der Waals surface area contributed by atoms with E-state index in [1.807, 2.05) is 12.1 Å². The van der Waals surface area contributed by atoms with E-state index in [0.717, 1.165) is 48.2 Å². The number of carbonyl (C=O) groups is 2. The number of halogens is 1. The fourth-order valence-electron chi connectivity index (χ4n) is 5.12. The second kappa shape index (κ2) is 11.8. The van der Waals surface area contributed by atoms with Gasteiger partial charge in [0.1, 0.15) is 11.3 Å². The number of hydrogen-bond acceptors (Lipinski definition) is 4. The zero-order valence-corrected chi connectivity index (χ0v) is 23.1. The summed E-state index contributed by atoms with van der Waals surface area (Å²) in [6.45, 7) is 6.19. The van der Waals surface area contributed by atoms with E-state index in [1.165, 1.54) is 25.3 Å². The molecule has 6 nitrogen and oxygen atoms in total. The van der Waals surface area contributed by atoms with E-state index in [1.54, 1.807) is 6.07 Å². The number of anilines is 1. The summed E-state index contributed by atoms with van der Waals surface area (Å²) in [7, 11) is 1.42. The van der Waals surface area contributed by atoms with Crippen LogP contribution in [-0.4, -0.2) is 37.2 Å². The van der Waals surface area contributed by atoms with Gasteiger partial charge in [-0.2, -0.15) is 0 Å². The first kappa shape index (κ1) is 26.7. The second-order valence-corrected chi connectivity index (χ2v) is 10.4. The number of hydrogen-bond donors (Lipinski definition) is 2. The number of aromatic carboxylic acids is 1. The lowest BCUT2D eigenvalue weighted by Gasteiger charge is -2.34. The van der Waals surface area contributed by atoms with Crippen molar-refractivity contribution in [3.63, 3.8) is 0 Å². The summed E-state index contributed by atoms with van der Waals surface area (Å²) in [5.74, 6) is -1.02. The fourth-order valence-corrected chi connectivity index (χ4v) is 5.60. The second-order valence-electron chi connectivity index (χ2n) is 9.54. The highest BCUT2D eigenvalue weighted by Crippen LogP contribution is 2.36.